The van der Waals surface area contributed by atoms with E-state index in [2.05, 4.69) is 11.9 Å². The minimum absolute atomic E-state index is 0.0262. The van der Waals surface area contributed by atoms with Gasteiger partial charge in [-0.15, -0.1) is 6.58 Å². The SMILES string of the molecule is C=C(C)CC(OC)C(O)C(=O)NCCC[C@@H](O)C(C)(C)[C@@H](CC(O)C(C)C1Cc2c(C)c(O)cc(O)c2C(=O)O1)OC. The Balaban J connectivity index is 1.96. The first-order valence-electron chi connectivity index (χ1n) is 14.3. The van der Waals surface area contributed by atoms with Crippen molar-refractivity contribution >= 4 is 11.9 Å². The third-order valence-corrected chi connectivity index (χ3v) is 8.58. The van der Waals surface area contributed by atoms with E-state index in [-0.39, 0.29) is 36.4 Å². The maximum atomic E-state index is 12.7. The van der Waals surface area contributed by atoms with Crippen molar-refractivity contribution in [3.8, 4) is 11.5 Å². The Morgan fingerprint density at radius 1 is 1.19 bits per heavy atom. The lowest BCUT2D eigenvalue weighted by Gasteiger charge is -2.40. The number of aromatic hydroxyl groups is 2. The zero-order chi connectivity index (χ0) is 31.9. The average Bonchev–Trinajstić information content (AvgIpc) is 2.93. The predicted octanol–water partition coefficient (Wildman–Crippen LogP) is 2.52. The highest BCUT2D eigenvalue weighted by Crippen LogP contribution is 2.39. The number of benzene rings is 1. The Labute approximate surface area is 248 Å². The van der Waals surface area contributed by atoms with E-state index in [1.807, 2.05) is 13.8 Å². The average molecular weight is 596 g/mol. The Bertz CT molecular complexity index is 1100. The summed E-state index contributed by atoms with van der Waals surface area (Å²) in [6, 6.07) is 1.11. The van der Waals surface area contributed by atoms with Crippen LogP contribution in [-0.4, -0.2) is 94.8 Å². The molecule has 0 fully saturated rings. The van der Waals surface area contributed by atoms with Gasteiger partial charge in [-0.25, -0.2) is 4.79 Å². The van der Waals surface area contributed by atoms with Crippen LogP contribution in [0.5, 0.6) is 11.5 Å². The number of fused-ring (bicyclic) bond motifs is 1. The van der Waals surface area contributed by atoms with E-state index in [9.17, 15) is 35.1 Å². The van der Waals surface area contributed by atoms with Crippen molar-refractivity contribution in [1.29, 1.82) is 0 Å². The second kappa shape index (κ2) is 15.2. The normalized spacial score (nSPS) is 19.6. The van der Waals surface area contributed by atoms with Gasteiger partial charge in [-0.1, -0.05) is 26.3 Å². The Morgan fingerprint density at radius 3 is 2.40 bits per heavy atom. The van der Waals surface area contributed by atoms with Gasteiger partial charge in [-0.3, -0.25) is 4.79 Å². The Hall–Kier alpha value is -2.70. The maximum absolute atomic E-state index is 12.7. The summed E-state index contributed by atoms with van der Waals surface area (Å²) in [4.78, 5) is 25.0. The van der Waals surface area contributed by atoms with Gasteiger partial charge in [0.2, 0.25) is 0 Å². The van der Waals surface area contributed by atoms with Crippen LogP contribution in [0.2, 0.25) is 0 Å². The van der Waals surface area contributed by atoms with Crippen LogP contribution in [0.3, 0.4) is 0 Å². The van der Waals surface area contributed by atoms with Gasteiger partial charge in [-0.05, 0) is 44.2 Å². The fraction of sp³-hybridized carbons (Fsp3) is 0.677. The van der Waals surface area contributed by atoms with Crippen LogP contribution in [0, 0.1) is 18.3 Å². The van der Waals surface area contributed by atoms with Crippen LogP contribution < -0.4 is 5.32 Å². The highest BCUT2D eigenvalue weighted by molar-refractivity contribution is 5.96. The molecule has 0 bridgehead atoms. The van der Waals surface area contributed by atoms with Gasteiger partial charge >= 0.3 is 5.97 Å². The first-order chi connectivity index (χ1) is 19.6. The number of hydrogen-bond donors (Lipinski definition) is 6. The Kier molecular flexibility index (Phi) is 12.8. The van der Waals surface area contributed by atoms with E-state index in [0.717, 1.165) is 11.6 Å². The molecule has 6 N–H and O–H groups in total. The molecule has 0 aromatic heterocycles. The standard InChI is InChI=1S/C31H49NO10/c1-16(2)12-24(40-7)28(37)29(38)32-11-9-10-25(36)31(5,6)26(41-8)15-21(34)18(4)23-13-19-17(3)20(33)14-22(35)27(19)30(39)42-23/h14,18,21,23-26,28,33-37H,1,9-13,15H2,2-8H3,(H,32,38)/t18?,21?,23?,24?,25-,26-,28?/m1/s1. The third-order valence-electron chi connectivity index (χ3n) is 8.58. The summed E-state index contributed by atoms with van der Waals surface area (Å²) >= 11 is 0. The minimum atomic E-state index is -1.34. The van der Waals surface area contributed by atoms with Gasteiger partial charge in [-0.2, -0.15) is 0 Å². The first kappa shape index (κ1) is 35.5. The number of phenolic OH excluding ortho intramolecular Hbond substituents is 2. The number of hydrogen-bond acceptors (Lipinski definition) is 10. The van der Waals surface area contributed by atoms with Gasteiger partial charge in [0.25, 0.3) is 5.91 Å². The molecule has 1 amide bonds. The van der Waals surface area contributed by atoms with Crippen molar-refractivity contribution in [2.45, 2.75) is 103 Å². The van der Waals surface area contributed by atoms with Crippen LogP contribution in [0.4, 0.5) is 0 Å². The van der Waals surface area contributed by atoms with Gasteiger partial charge in [0.15, 0.2) is 6.10 Å². The second-order valence-corrected chi connectivity index (χ2v) is 12.1. The molecule has 0 saturated carbocycles. The topological polar surface area (TPSA) is 175 Å². The number of phenols is 2. The van der Waals surface area contributed by atoms with E-state index in [4.69, 9.17) is 14.2 Å². The number of cyclic esters (lactones) is 1. The predicted molar refractivity (Wildman–Crippen MR) is 156 cm³/mol. The number of aliphatic hydroxyl groups excluding tert-OH is 3. The number of nitrogens with one attached hydrogen (secondary N) is 1. The van der Waals surface area contributed by atoms with E-state index >= 15 is 0 Å². The summed E-state index contributed by atoms with van der Waals surface area (Å²) in [5, 5.41) is 55.4. The molecular weight excluding hydrogens is 546 g/mol. The van der Waals surface area contributed by atoms with Crippen molar-refractivity contribution in [2.75, 3.05) is 20.8 Å². The minimum Gasteiger partial charge on any atom is -0.508 e. The monoisotopic (exact) mass is 595 g/mol. The van der Waals surface area contributed by atoms with E-state index in [1.54, 1.807) is 20.8 Å². The molecule has 5 unspecified atom stereocenters. The molecule has 0 saturated heterocycles. The summed E-state index contributed by atoms with van der Waals surface area (Å²) in [5.41, 5.74) is 0.984. The third kappa shape index (κ3) is 8.44. The number of aliphatic hydroxyl groups is 3. The van der Waals surface area contributed by atoms with Gasteiger partial charge < -0.3 is 45.1 Å². The number of rotatable bonds is 16. The lowest BCUT2D eigenvalue weighted by Crippen LogP contribution is -2.46. The smallest absolute Gasteiger partial charge is 0.342 e. The van der Waals surface area contributed by atoms with E-state index < -0.39 is 59.8 Å². The molecule has 1 heterocycles. The fourth-order valence-corrected chi connectivity index (χ4v) is 5.44. The molecule has 11 heteroatoms. The zero-order valence-corrected chi connectivity index (χ0v) is 25.8. The van der Waals surface area contributed by atoms with E-state index in [0.29, 0.717) is 30.4 Å². The van der Waals surface area contributed by atoms with Crippen LogP contribution >= 0.6 is 0 Å². The van der Waals surface area contributed by atoms with Crippen LogP contribution in [0.15, 0.2) is 18.2 Å². The highest BCUT2D eigenvalue weighted by atomic mass is 16.5. The molecule has 238 valence electrons. The molecule has 1 aliphatic rings. The number of amides is 1. The molecule has 1 aliphatic heterocycles. The Morgan fingerprint density at radius 2 is 1.83 bits per heavy atom. The number of esters is 1. The summed E-state index contributed by atoms with van der Waals surface area (Å²) < 4.78 is 16.5. The van der Waals surface area contributed by atoms with Crippen LogP contribution in [0.25, 0.3) is 0 Å². The number of ether oxygens (including phenoxy) is 3. The van der Waals surface area contributed by atoms with Crippen LogP contribution in [-0.2, 0) is 25.4 Å². The van der Waals surface area contributed by atoms with Gasteiger partial charge in [0.05, 0.1) is 24.4 Å². The highest BCUT2D eigenvalue weighted by Gasteiger charge is 2.41. The maximum Gasteiger partial charge on any atom is 0.342 e. The largest absolute Gasteiger partial charge is 0.508 e. The van der Waals surface area contributed by atoms with Crippen LogP contribution in [0.1, 0.15) is 74.9 Å². The number of methoxy groups -OCH3 is 2. The molecule has 2 rings (SSSR count). The molecule has 0 radical (unpaired) electrons. The quantitative estimate of drug-likeness (QED) is 0.0946. The molecule has 0 aliphatic carbocycles. The van der Waals surface area contributed by atoms with Gasteiger partial charge in [0.1, 0.15) is 23.2 Å². The first-order valence-corrected chi connectivity index (χ1v) is 14.3. The lowest BCUT2D eigenvalue weighted by atomic mass is 9.75. The molecule has 42 heavy (non-hydrogen) atoms. The summed E-state index contributed by atoms with van der Waals surface area (Å²) in [7, 11) is 2.92. The molecule has 1 aromatic carbocycles. The van der Waals surface area contributed by atoms with Crippen molar-refractivity contribution in [2.24, 2.45) is 11.3 Å². The fourth-order valence-electron chi connectivity index (χ4n) is 5.44. The second-order valence-electron chi connectivity index (χ2n) is 12.1. The molecule has 11 nitrogen and oxygen atoms in total. The van der Waals surface area contributed by atoms with Crippen molar-refractivity contribution in [3.05, 3.63) is 34.9 Å². The van der Waals surface area contributed by atoms with Crippen molar-refractivity contribution < 1.29 is 49.3 Å². The summed E-state index contributed by atoms with van der Waals surface area (Å²) in [6.45, 7) is 12.9. The molecule has 0 spiro atoms. The zero-order valence-electron chi connectivity index (χ0n) is 25.8. The molecular formula is C31H49NO10. The lowest BCUT2D eigenvalue weighted by molar-refractivity contribution is -0.136. The van der Waals surface area contributed by atoms with Crippen molar-refractivity contribution in [3.63, 3.8) is 0 Å². The summed E-state index contributed by atoms with van der Waals surface area (Å²) in [6.07, 6.45) is -3.60. The summed E-state index contributed by atoms with van der Waals surface area (Å²) in [5.74, 6) is -2.26. The van der Waals surface area contributed by atoms with E-state index in [1.165, 1.54) is 14.2 Å². The van der Waals surface area contributed by atoms with Gasteiger partial charge in [0, 0.05) is 51.0 Å². The molecule has 7 atom stereocenters. The van der Waals surface area contributed by atoms with Crippen molar-refractivity contribution in [1.82, 2.24) is 5.32 Å². The molecule has 1 aromatic rings. The number of carbonyl (C=O) groups excluding carboxylic acids is 2. The number of carbonyl (C=O) groups is 2.